The number of ether oxygens (including phenoxy) is 2. The Morgan fingerprint density at radius 2 is 2.11 bits per heavy atom. The highest BCUT2D eigenvalue weighted by Crippen LogP contribution is 2.43. The average molecular weight is 256 g/mol. The van der Waals surface area contributed by atoms with Crippen LogP contribution in [0.2, 0.25) is 0 Å². The van der Waals surface area contributed by atoms with Gasteiger partial charge in [0.25, 0.3) is 0 Å². The molecule has 18 heavy (non-hydrogen) atoms. The summed E-state index contributed by atoms with van der Waals surface area (Å²) in [7, 11) is 0. The molecule has 0 aromatic carbocycles. The van der Waals surface area contributed by atoms with Crippen molar-refractivity contribution in [2.75, 3.05) is 19.8 Å². The topological polar surface area (TPSA) is 38.7 Å². The maximum Gasteiger partial charge on any atom is 0.0686 e. The average Bonchev–Trinajstić information content (AvgIpc) is 2.82. The van der Waals surface area contributed by atoms with E-state index in [9.17, 15) is 5.11 Å². The number of hydrogen-bond acceptors (Lipinski definition) is 3. The van der Waals surface area contributed by atoms with E-state index in [-0.39, 0.29) is 11.7 Å². The third-order valence-corrected chi connectivity index (χ3v) is 4.50. The third kappa shape index (κ3) is 3.69. The maximum absolute atomic E-state index is 10.3. The maximum atomic E-state index is 10.3. The Labute approximate surface area is 111 Å². The molecule has 1 saturated carbocycles. The van der Waals surface area contributed by atoms with Crippen LogP contribution in [0.3, 0.4) is 0 Å². The molecule has 1 heterocycles. The molecular weight excluding hydrogens is 228 g/mol. The van der Waals surface area contributed by atoms with Gasteiger partial charge in [0.15, 0.2) is 0 Å². The van der Waals surface area contributed by atoms with Crippen LogP contribution in [-0.2, 0) is 9.47 Å². The molecule has 2 aliphatic rings. The van der Waals surface area contributed by atoms with Gasteiger partial charge in [0, 0.05) is 19.8 Å². The highest BCUT2D eigenvalue weighted by atomic mass is 16.5. The van der Waals surface area contributed by atoms with Crippen LogP contribution in [0.5, 0.6) is 0 Å². The molecule has 0 aromatic rings. The van der Waals surface area contributed by atoms with Crippen molar-refractivity contribution in [1.29, 1.82) is 0 Å². The lowest BCUT2D eigenvalue weighted by Gasteiger charge is -2.40. The van der Waals surface area contributed by atoms with Gasteiger partial charge in [-0.3, -0.25) is 0 Å². The zero-order valence-electron chi connectivity index (χ0n) is 11.7. The Morgan fingerprint density at radius 3 is 2.83 bits per heavy atom. The molecule has 3 heteroatoms. The van der Waals surface area contributed by atoms with Gasteiger partial charge in [-0.1, -0.05) is 19.8 Å². The van der Waals surface area contributed by atoms with Gasteiger partial charge in [0.2, 0.25) is 0 Å². The van der Waals surface area contributed by atoms with E-state index in [0.717, 1.165) is 38.9 Å². The van der Waals surface area contributed by atoms with E-state index in [1.54, 1.807) is 0 Å². The van der Waals surface area contributed by atoms with Gasteiger partial charge in [-0.25, -0.2) is 0 Å². The van der Waals surface area contributed by atoms with Crippen molar-refractivity contribution in [2.45, 2.75) is 70.0 Å². The zero-order chi connectivity index (χ0) is 12.8. The Kier molecular flexibility index (Phi) is 5.46. The van der Waals surface area contributed by atoms with Gasteiger partial charge in [-0.2, -0.15) is 0 Å². The van der Waals surface area contributed by atoms with Crippen LogP contribution in [0.15, 0.2) is 0 Å². The lowest BCUT2D eigenvalue weighted by molar-refractivity contribution is -0.115. The quantitative estimate of drug-likeness (QED) is 0.743. The summed E-state index contributed by atoms with van der Waals surface area (Å²) in [6, 6.07) is 0. The molecule has 0 radical (unpaired) electrons. The van der Waals surface area contributed by atoms with E-state index in [1.807, 2.05) is 0 Å². The summed E-state index contributed by atoms with van der Waals surface area (Å²) in [5.74, 6) is 0.419. The summed E-state index contributed by atoms with van der Waals surface area (Å²) in [5, 5.41) is 10.3. The lowest BCUT2D eigenvalue weighted by Crippen LogP contribution is -2.41. The van der Waals surface area contributed by atoms with Crippen LogP contribution >= 0.6 is 0 Å². The summed E-state index contributed by atoms with van der Waals surface area (Å²) >= 11 is 0. The summed E-state index contributed by atoms with van der Waals surface area (Å²) in [6.07, 6.45) is 8.68. The Bertz CT molecular complexity index is 236. The fourth-order valence-corrected chi connectivity index (χ4v) is 3.45. The predicted molar refractivity (Wildman–Crippen MR) is 71.6 cm³/mol. The number of aliphatic hydroxyl groups excluding tert-OH is 1. The second-order valence-corrected chi connectivity index (χ2v) is 5.96. The first-order valence-electron chi connectivity index (χ1n) is 7.65. The zero-order valence-corrected chi connectivity index (χ0v) is 11.7. The van der Waals surface area contributed by atoms with E-state index in [1.165, 1.54) is 25.7 Å². The van der Waals surface area contributed by atoms with Crippen molar-refractivity contribution >= 4 is 0 Å². The van der Waals surface area contributed by atoms with Gasteiger partial charge < -0.3 is 14.6 Å². The van der Waals surface area contributed by atoms with Crippen molar-refractivity contribution in [3.63, 3.8) is 0 Å². The minimum Gasteiger partial charge on any atom is -0.393 e. The SMILES string of the molecule is CCCOCCC(O)C1CCOC2(CCCC2)C1. The van der Waals surface area contributed by atoms with Gasteiger partial charge in [0.1, 0.15) is 0 Å². The largest absolute Gasteiger partial charge is 0.393 e. The predicted octanol–water partition coefficient (Wildman–Crippen LogP) is 2.90. The molecule has 1 saturated heterocycles. The van der Waals surface area contributed by atoms with Gasteiger partial charge >= 0.3 is 0 Å². The standard InChI is InChI=1S/C15H28O3/c1-2-9-17-10-6-14(16)13-5-11-18-15(12-13)7-3-4-8-15/h13-14,16H,2-12H2,1H3. The Balaban J connectivity index is 1.74. The number of hydrogen-bond donors (Lipinski definition) is 1. The summed E-state index contributed by atoms with van der Waals surface area (Å²) in [5.41, 5.74) is 0.119. The van der Waals surface area contributed by atoms with Gasteiger partial charge in [-0.05, 0) is 44.4 Å². The molecule has 3 nitrogen and oxygen atoms in total. The summed E-state index contributed by atoms with van der Waals surface area (Å²) in [4.78, 5) is 0. The van der Waals surface area contributed by atoms with Crippen molar-refractivity contribution in [3.8, 4) is 0 Å². The molecule has 2 rings (SSSR count). The van der Waals surface area contributed by atoms with E-state index in [0.29, 0.717) is 12.5 Å². The fourth-order valence-electron chi connectivity index (χ4n) is 3.45. The van der Waals surface area contributed by atoms with Crippen LogP contribution < -0.4 is 0 Å². The first-order valence-corrected chi connectivity index (χ1v) is 7.65. The monoisotopic (exact) mass is 256 g/mol. The smallest absolute Gasteiger partial charge is 0.0686 e. The van der Waals surface area contributed by atoms with Crippen LogP contribution in [0, 0.1) is 5.92 Å². The summed E-state index contributed by atoms with van der Waals surface area (Å²) < 4.78 is 11.5. The highest BCUT2D eigenvalue weighted by molar-refractivity contribution is 4.92. The van der Waals surface area contributed by atoms with Crippen LogP contribution in [-0.4, -0.2) is 36.6 Å². The molecule has 2 unspecified atom stereocenters. The van der Waals surface area contributed by atoms with Crippen molar-refractivity contribution < 1.29 is 14.6 Å². The van der Waals surface area contributed by atoms with Crippen molar-refractivity contribution in [1.82, 2.24) is 0 Å². The normalized spacial score (nSPS) is 28.7. The minimum absolute atomic E-state index is 0.119. The van der Waals surface area contributed by atoms with Gasteiger partial charge in [0.05, 0.1) is 11.7 Å². The van der Waals surface area contributed by atoms with E-state index in [2.05, 4.69) is 6.92 Å². The third-order valence-electron chi connectivity index (χ3n) is 4.50. The van der Waals surface area contributed by atoms with E-state index in [4.69, 9.17) is 9.47 Å². The highest BCUT2D eigenvalue weighted by Gasteiger charge is 2.41. The molecule has 1 aliphatic carbocycles. The molecule has 2 atom stereocenters. The number of aliphatic hydroxyl groups is 1. The molecular formula is C15H28O3. The molecule has 106 valence electrons. The minimum atomic E-state index is -0.205. The molecule has 0 aromatic heterocycles. The molecule has 1 N–H and O–H groups in total. The lowest BCUT2D eigenvalue weighted by atomic mass is 9.81. The van der Waals surface area contributed by atoms with Crippen molar-refractivity contribution in [2.24, 2.45) is 5.92 Å². The molecule has 1 aliphatic heterocycles. The summed E-state index contributed by atoms with van der Waals surface area (Å²) in [6.45, 7) is 4.44. The first kappa shape index (κ1) is 14.3. The first-order chi connectivity index (χ1) is 8.76. The molecule has 0 amide bonds. The Morgan fingerprint density at radius 1 is 1.33 bits per heavy atom. The second-order valence-electron chi connectivity index (χ2n) is 5.96. The molecule has 2 fully saturated rings. The number of rotatable bonds is 6. The van der Waals surface area contributed by atoms with Crippen LogP contribution in [0.25, 0.3) is 0 Å². The molecule has 0 bridgehead atoms. The van der Waals surface area contributed by atoms with Gasteiger partial charge in [-0.15, -0.1) is 0 Å². The van der Waals surface area contributed by atoms with Crippen LogP contribution in [0.4, 0.5) is 0 Å². The fraction of sp³-hybridized carbons (Fsp3) is 1.00. The second kappa shape index (κ2) is 6.88. The van der Waals surface area contributed by atoms with E-state index >= 15 is 0 Å². The van der Waals surface area contributed by atoms with E-state index < -0.39 is 0 Å². The van der Waals surface area contributed by atoms with Crippen LogP contribution in [0.1, 0.15) is 58.3 Å². The molecule has 1 spiro atoms. The van der Waals surface area contributed by atoms with Crippen molar-refractivity contribution in [3.05, 3.63) is 0 Å². The Hall–Kier alpha value is -0.120.